The second kappa shape index (κ2) is 5.53. The van der Waals surface area contributed by atoms with E-state index in [1.54, 1.807) is 0 Å². The summed E-state index contributed by atoms with van der Waals surface area (Å²) >= 11 is 0. The van der Waals surface area contributed by atoms with Crippen molar-refractivity contribution in [3.05, 3.63) is 0 Å². The highest BCUT2D eigenvalue weighted by atomic mass is 16.4. The first-order chi connectivity index (χ1) is 8.05. The van der Waals surface area contributed by atoms with Gasteiger partial charge in [-0.3, -0.25) is 4.79 Å². The standard InChI is InChI=1S/C11H17N3O3/c1-2-14(7-3-6-12)10(17)13-8-11(4-5-11)9(15)16/h2-5,7-8H2,1H3,(H,13,17)(H,15,16). The smallest absolute Gasteiger partial charge is 0.317 e. The first kappa shape index (κ1) is 13.3. The van der Waals surface area contributed by atoms with Crippen LogP contribution in [-0.4, -0.2) is 41.6 Å². The molecule has 6 heteroatoms. The van der Waals surface area contributed by atoms with E-state index >= 15 is 0 Å². The van der Waals surface area contributed by atoms with E-state index in [0.29, 0.717) is 25.9 Å². The number of carboxylic acid groups (broad SMARTS) is 1. The Morgan fingerprint density at radius 2 is 2.18 bits per heavy atom. The maximum Gasteiger partial charge on any atom is 0.317 e. The van der Waals surface area contributed by atoms with Crippen LogP contribution in [0.4, 0.5) is 4.79 Å². The van der Waals surface area contributed by atoms with Gasteiger partial charge in [0.2, 0.25) is 0 Å². The van der Waals surface area contributed by atoms with Crippen molar-refractivity contribution in [2.45, 2.75) is 26.2 Å². The summed E-state index contributed by atoms with van der Waals surface area (Å²) in [6, 6.07) is 1.68. The molecule has 0 atom stereocenters. The van der Waals surface area contributed by atoms with E-state index in [-0.39, 0.29) is 19.0 Å². The Hall–Kier alpha value is -1.77. The van der Waals surface area contributed by atoms with E-state index in [4.69, 9.17) is 10.4 Å². The van der Waals surface area contributed by atoms with Crippen molar-refractivity contribution < 1.29 is 14.7 Å². The van der Waals surface area contributed by atoms with Crippen molar-refractivity contribution in [1.29, 1.82) is 5.26 Å². The third-order valence-electron chi connectivity index (χ3n) is 3.05. The fraction of sp³-hybridized carbons (Fsp3) is 0.727. The highest BCUT2D eigenvalue weighted by molar-refractivity contribution is 5.80. The minimum absolute atomic E-state index is 0.171. The van der Waals surface area contributed by atoms with Crippen LogP contribution in [0.2, 0.25) is 0 Å². The molecule has 0 aromatic rings. The molecule has 0 radical (unpaired) electrons. The third kappa shape index (κ3) is 3.34. The SMILES string of the molecule is CCN(CCC#N)C(=O)NCC1(C(=O)O)CC1. The summed E-state index contributed by atoms with van der Waals surface area (Å²) in [6.45, 7) is 2.87. The Balaban J connectivity index is 2.38. The van der Waals surface area contributed by atoms with Crippen LogP contribution in [0.3, 0.4) is 0 Å². The zero-order valence-corrected chi connectivity index (χ0v) is 9.90. The first-order valence-electron chi connectivity index (χ1n) is 5.69. The van der Waals surface area contributed by atoms with Gasteiger partial charge in [0.25, 0.3) is 0 Å². The van der Waals surface area contributed by atoms with Gasteiger partial charge < -0.3 is 15.3 Å². The predicted octanol–water partition coefficient (Wildman–Crippen LogP) is 0.796. The topological polar surface area (TPSA) is 93.4 Å². The summed E-state index contributed by atoms with van der Waals surface area (Å²) in [6.07, 6.45) is 1.52. The van der Waals surface area contributed by atoms with E-state index in [2.05, 4.69) is 5.32 Å². The lowest BCUT2D eigenvalue weighted by Crippen LogP contribution is -2.43. The molecular weight excluding hydrogens is 222 g/mol. The number of carbonyl (C=O) groups is 2. The molecule has 0 aromatic carbocycles. The van der Waals surface area contributed by atoms with Gasteiger partial charge in [0, 0.05) is 19.6 Å². The number of nitrogens with one attached hydrogen (secondary N) is 1. The molecule has 0 spiro atoms. The Labute approximate surface area is 100 Å². The number of nitrogens with zero attached hydrogens (tertiary/aromatic N) is 2. The van der Waals surface area contributed by atoms with E-state index in [0.717, 1.165) is 0 Å². The van der Waals surface area contributed by atoms with Gasteiger partial charge in [-0.1, -0.05) is 0 Å². The highest BCUT2D eigenvalue weighted by Gasteiger charge is 2.50. The molecule has 2 N–H and O–H groups in total. The molecule has 0 bridgehead atoms. The van der Waals surface area contributed by atoms with Crippen molar-refractivity contribution in [2.24, 2.45) is 5.41 Å². The third-order valence-corrected chi connectivity index (χ3v) is 3.05. The minimum atomic E-state index is -0.849. The molecule has 0 aliphatic heterocycles. The lowest BCUT2D eigenvalue weighted by molar-refractivity contribution is -0.143. The second-order valence-electron chi connectivity index (χ2n) is 4.23. The summed E-state index contributed by atoms with van der Waals surface area (Å²) in [5, 5.41) is 20.0. The van der Waals surface area contributed by atoms with Crippen molar-refractivity contribution in [3.63, 3.8) is 0 Å². The molecule has 1 fully saturated rings. The molecule has 94 valence electrons. The zero-order chi connectivity index (χ0) is 12.9. The van der Waals surface area contributed by atoms with Crippen LogP contribution < -0.4 is 5.32 Å². The van der Waals surface area contributed by atoms with E-state index < -0.39 is 11.4 Å². The van der Waals surface area contributed by atoms with Gasteiger partial charge in [-0.15, -0.1) is 0 Å². The Bertz CT molecular complexity index is 344. The van der Waals surface area contributed by atoms with Crippen LogP contribution in [0.5, 0.6) is 0 Å². The van der Waals surface area contributed by atoms with Crippen molar-refractivity contribution in [2.75, 3.05) is 19.6 Å². The highest BCUT2D eigenvalue weighted by Crippen LogP contribution is 2.45. The Morgan fingerprint density at radius 1 is 1.53 bits per heavy atom. The number of aliphatic carboxylic acids is 1. The lowest BCUT2D eigenvalue weighted by Gasteiger charge is -2.21. The quantitative estimate of drug-likeness (QED) is 0.716. The van der Waals surface area contributed by atoms with Crippen molar-refractivity contribution in [3.8, 4) is 6.07 Å². The number of amides is 2. The van der Waals surface area contributed by atoms with Gasteiger partial charge in [-0.05, 0) is 19.8 Å². The fourth-order valence-electron chi connectivity index (χ4n) is 1.56. The van der Waals surface area contributed by atoms with Crippen LogP contribution in [0.1, 0.15) is 26.2 Å². The van der Waals surface area contributed by atoms with Crippen LogP contribution in [0.15, 0.2) is 0 Å². The average molecular weight is 239 g/mol. The summed E-state index contributed by atoms with van der Waals surface area (Å²) in [5.74, 6) is -0.849. The summed E-state index contributed by atoms with van der Waals surface area (Å²) in [4.78, 5) is 24.1. The normalized spacial score (nSPS) is 15.8. The predicted molar refractivity (Wildman–Crippen MR) is 60.2 cm³/mol. The molecule has 1 aliphatic carbocycles. The molecule has 0 unspecified atom stereocenters. The molecule has 1 rings (SSSR count). The number of carboxylic acids is 1. The maximum absolute atomic E-state index is 11.7. The van der Waals surface area contributed by atoms with Gasteiger partial charge in [0.15, 0.2) is 0 Å². The second-order valence-corrected chi connectivity index (χ2v) is 4.23. The molecule has 6 nitrogen and oxygen atoms in total. The van der Waals surface area contributed by atoms with Crippen LogP contribution in [0, 0.1) is 16.7 Å². The minimum Gasteiger partial charge on any atom is -0.481 e. The van der Waals surface area contributed by atoms with E-state index in [1.807, 2.05) is 13.0 Å². The van der Waals surface area contributed by atoms with Crippen LogP contribution in [-0.2, 0) is 4.79 Å². The summed E-state index contributed by atoms with van der Waals surface area (Å²) in [7, 11) is 0. The van der Waals surface area contributed by atoms with Gasteiger partial charge >= 0.3 is 12.0 Å². The number of carbonyl (C=O) groups excluding carboxylic acids is 1. The first-order valence-corrected chi connectivity index (χ1v) is 5.69. The Morgan fingerprint density at radius 3 is 2.59 bits per heavy atom. The van der Waals surface area contributed by atoms with Gasteiger partial charge in [0.1, 0.15) is 0 Å². The largest absolute Gasteiger partial charge is 0.481 e. The van der Waals surface area contributed by atoms with Gasteiger partial charge in [-0.25, -0.2) is 4.79 Å². The van der Waals surface area contributed by atoms with E-state index in [9.17, 15) is 9.59 Å². The average Bonchev–Trinajstić information content (AvgIpc) is 3.08. The molecular formula is C11H17N3O3. The molecule has 1 saturated carbocycles. The van der Waals surface area contributed by atoms with Crippen LogP contribution >= 0.6 is 0 Å². The number of hydrogen-bond acceptors (Lipinski definition) is 3. The molecule has 2 amide bonds. The van der Waals surface area contributed by atoms with Crippen molar-refractivity contribution in [1.82, 2.24) is 10.2 Å². The monoisotopic (exact) mass is 239 g/mol. The number of nitriles is 1. The number of hydrogen-bond donors (Lipinski definition) is 2. The maximum atomic E-state index is 11.7. The lowest BCUT2D eigenvalue weighted by atomic mass is 10.1. The molecule has 17 heavy (non-hydrogen) atoms. The van der Waals surface area contributed by atoms with Gasteiger partial charge in [-0.2, -0.15) is 5.26 Å². The van der Waals surface area contributed by atoms with Gasteiger partial charge in [0.05, 0.1) is 17.9 Å². The molecule has 1 aliphatic rings. The summed E-state index contributed by atoms with van der Waals surface area (Å²) in [5.41, 5.74) is -0.746. The summed E-state index contributed by atoms with van der Waals surface area (Å²) < 4.78 is 0. The molecule has 0 aromatic heterocycles. The van der Waals surface area contributed by atoms with Crippen molar-refractivity contribution >= 4 is 12.0 Å². The zero-order valence-electron chi connectivity index (χ0n) is 9.90. The van der Waals surface area contributed by atoms with Crippen LogP contribution in [0.25, 0.3) is 0 Å². The molecule has 0 heterocycles. The van der Waals surface area contributed by atoms with E-state index in [1.165, 1.54) is 4.90 Å². The number of urea groups is 1. The molecule has 0 saturated heterocycles. The number of rotatable bonds is 6. The Kier molecular flexibility index (Phi) is 4.32. The fourth-order valence-corrected chi connectivity index (χ4v) is 1.56.